The lowest BCUT2D eigenvalue weighted by Crippen LogP contribution is -2.44. The lowest BCUT2D eigenvalue weighted by molar-refractivity contribution is 0.210. The summed E-state index contributed by atoms with van der Waals surface area (Å²) < 4.78 is 0. The predicted molar refractivity (Wildman–Crippen MR) is 84.4 cm³/mol. The van der Waals surface area contributed by atoms with E-state index in [1.165, 1.54) is 12.8 Å². The Balaban J connectivity index is 2.10. The largest absolute Gasteiger partial charge is 0.370 e. The maximum absolute atomic E-state index is 4.66. The minimum atomic E-state index is 0.0864. The number of rotatable bonds is 7. The second-order valence-corrected chi connectivity index (χ2v) is 6.36. The number of likely N-dealkylation sites (N-methyl/N-ethyl adjacent to an activating group) is 1. The van der Waals surface area contributed by atoms with Crippen molar-refractivity contribution in [1.82, 2.24) is 14.9 Å². The number of nitrogens with one attached hydrogen (secondary N) is 2. The molecule has 1 aromatic heterocycles. The van der Waals surface area contributed by atoms with Gasteiger partial charge in [-0.05, 0) is 47.7 Å². The number of nitrogens with zero attached hydrogens (tertiary/aromatic N) is 3. The van der Waals surface area contributed by atoms with Crippen LogP contribution in [0.1, 0.15) is 45.4 Å². The first-order chi connectivity index (χ1) is 9.42. The molecule has 1 fully saturated rings. The summed E-state index contributed by atoms with van der Waals surface area (Å²) in [5, 5.41) is 6.74. The highest BCUT2D eigenvalue weighted by atomic mass is 15.2. The molecule has 112 valence electrons. The van der Waals surface area contributed by atoms with E-state index in [2.05, 4.69) is 60.4 Å². The Kier molecular flexibility index (Phi) is 4.48. The van der Waals surface area contributed by atoms with Crippen molar-refractivity contribution in [2.45, 2.75) is 45.1 Å². The molecule has 5 nitrogen and oxygen atoms in total. The zero-order valence-electron chi connectivity index (χ0n) is 13.3. The molecule has 0 atom stereocenters. The van der Waals surface area contributed by atoms with Crippen molar-refractivity contribution >= 4 is 11.6 Å². The molecule has 0 aromatic carbocycles. The maximum Gasteiger partial charge on any atom is 0.136 e. The van der Waals surface area contributed by atoms with Gasteiger partial charge in [-0.25, -0.2) is 9.97 Å². The van der Waals surface area contributed by atoms with Gasteiger partial charge in [0.1, 0.15) is 17.5 Å². The first kappa shape index (κ1) is 15.0. The van der Waals surface area contributed by atoms with Crippen LogP contribution in [0.4, 0.5) is 11.6 Å². The third-order valence-corrected chi connectivity index (χ3v) is 3.96. The summed E-state index contributed by atoms with van der Waals surface area (Å²) >= 11 is 0. The summed E-state index contributed by atoms with van der Waals surface area (Å²) in [6.45, 7) is 8.25. The molecular weight excluding hydrogens is 250 g/mol. The summed E-state index contributed by atoms with van der Waals surface area (Å²) in [6.07, 6.45) is 2.44. The van der Waals surface area contributed by atoms with Gasteiger partial charge in [-0.2, -0.15) is 0 Å². The molecule has 1 saturated carbocycles. The van der Waals surface area contributed by atoms with E-state index in [9.17, 15) is 0 Å². The Bertz CT molecular complexity index is 452. The number of aromatic nitrogens is 2. The highest BCUT2D eigenvalue weighted by Gasteiger charge is 2.27. The highest BCUT2D eigenvalue weighted by Crippen LogP contribution is 2.38. The summed E-state index contributed by atoms with van der Waals surface area (Å²) in [4.78, 5) is 11.5. The molecule has 0 bridgehead atoms. The van der Waals surface area contributed by atoms with Gasteiger partial charge in [0.15, 0.2) is 0 Å². The Morgan fingerprint density at radius 2 is 1.80 bits per heavy atom. The van der Waals surface area contributed by atoms with Gasteiger partial charge >= 0.3 is 0 Å². The Morgan fingerprint density at radius 1 is 1.20 bits per heavy atom. The summed E-state index contributed by atoms with van der Waals surface area (Å²) in [5.41, 5.74) is 0.0864. The zero-order chi connectivity index (χ0) is 14.8. The fraction of sp³-hybridized carbons (Fsp3) is 0.733. The molecule has 1 aliphatic carbocycles. The van der Waals surface area contributed by atoms with Crippen molar-refractivity contribution in [1.29, 1.82) is 0 Å². The molecule has 0 radical (unpaired) electrons. The smallest absolute Gasteiger partial charge is 0.136 e. The third-order valence-electron chi connectivity index (χ3n) is 3.96. The van der Waals surface area contributed by atoms with Gasteiger partial charge in [-0.15, -0.1) is 0 Å². The van der Waals surface area contributed by atoms with Gasteiger partial charge in [0.05, 0.1) is 0 Å². The van der Waals surface area contributed by atoms with Gasteiger partial charge in [-0.3, -0.25) is 0 Å². The molecule has 2 N–H and O–H groups in total. The minimum Gasteiger partial charge on any atom is -0.370 e. The first-order valence-electron chi connectivity index (χ1n) is 7.46. The van der Waals surface area contributed by atoms with E-state index in [0.717, 1.165) is 30.5 Å². The third kappa shape index (κ3) is 3.82. The van der Waals surface area contributed by atoms with Crippen LogP contribution in [-0.2, 0) is 0 Å². The molecule has 1 aliphatic rings. The zero-order valence-corrected chi connectivity index (χ0v) is 13.3. The van der Waals surface area contributed by atoms with Crippen LogP contribution in [-0.4, -0.2) is 47.6 Å². The van der Waals surface area contributed by atoms with Crippen LogP contribution in [0.15, 0.2) is 6.07 Å². The van der Waals surface area contributed by atoms with E-state index >= 15 is 0 Å². The van der Waals surface area contributed by atoms with Gasteiger partial charge in [0.25, 0.3) is 0 Å². The van der Waals surface area contributed by atoms with Crippen LogP contribution in [0.5, 0.6) is 0 Å². The van der Waals surface area contributed by atoms with Gasteiger partial charge in [0.2, 0.25) is 0 Å². The maximum atomic E-state index is 4.66. The fourth-order valence-electron chi connectivity index (χ4n) is 1.82. The average molecular weight is 277 g/mol. The van der Waals surface area contributed by atoms with E-state index in [1.54, 1.807) is 0 Å². The van der Waals surface area contributed by atoms with Gasteiger partial charge in [-0.1, -0.05) is 0 Å². The average Bonchev–Trinajstić information content (AvgIpc) is 3.21. The summed E-state index contributed by atoms with van der Waals surface area (Å²) in [6, 6.07) is 2.00. The molecule has 1 aromatic rings. The molecule has 0 spiro atoms. The number of hydrogen-bond donors (Lipinski definition) is 2. The molecule has 0 aliphatic heterocycles. The fourth-order valence-corrected chi connectivity index (χ4v) is 1.82. The SMILES string of the molecule is CCNc1cc(NCC(C)(C)N(C)C)nc(C2CC2)n1. The second kappa shape index (κ2) is 5.95. The molecule has 0 unspecified atom stereocenters. The first-order valence-corrected chi connectivity index (χ1v) is 7.46. The lowest BCUT2D eigenvalue weighted by Gasteiger charge is -2.32. The van der Waals surface area contributed by atoms with Crippen LogP contribution in [0.2, 0.25) is 0 Å². The van der Waals surface area contributed by atoms with Crippen molar-refractivity contribution < 1.29 is 0 Å². The van der Waals surface area contributed by atoms with Crippen LogP contribution < -0.4 is 10.6 Å². The normalized spacial score (nSPS) is 15.5. The Hall–Kier alpha value is -1.36. The van der Waals surface area contributed by atoms with Crippen molar-refractivity contribution in [3.05, 3.63) is 11.9 Å². The van der Waals surface area contributed by atoms with Crippen molar-refractivity contribution in [3.63, 3.8) is 0 Å². The molecular formula is C15H27N5. The molecule has 2 rings (SSSR count). The van der Waals surface area contributed by atoms with Gasteiger partial charge in [0, 0.05) is 30.6 Å². The summed E-state index contributed by atoms with van der Waals surface area (Å²) in [5.74, 6) is 3.40. The second-order valence-electron chi connectivity index (χ2n) is 6.36. The monoisotopic (exact) mass is 277 g/mol. The number of hydrogen-bond acceptors (Lipinski definition) is 5. The van der Waals surface area contributed by atoms with Crippen molar-refractivity contribution in [3.8, 4) is 0 Å². The van der Waals surface area contributed by atoms with Gasteiger partial charge < -0.3 is 15.5 Å². The molecule has 5 heteroatoms. The Labute approximate surface area is 122 Å². The standard InChI is InChI=1S/C15H27N5/c1-6-16-12-9-13(17-10-15(2,3)20(4)5)19-14(18-12)11-7-8-11/h9,11H,6-8,10H2,1-5H3,(H2,16,17,18,19). The molecule has 0 saturated heterocycles. The van der Waals surface area contributed by atoms with Crippen LogP contribution in [0.3, 0.4) is 0 Å². The quantitative estimate of drug-likeness (QED) is 0.802. The molecule has 0 amide bonds. The lowest BCUT2D eigenvalue weighted by atomic mass is 10.0. The van der Waals surface area contributed by atoms with E-state index in [-0.39, 0.29) is 5.54 Å². The van der Waals surface area contributed by atoms with E-state index in [4.69, 9.17) is 0 Å². The number of anilines is 2. The van der Waals surface area contributed by atoms with Crippen molar-refractivity contribution in [2.75, 3.05) is 37.8 Å². The summed E-state index contributed by atoms with van der Waals surface area (Å²) in [7, 11) is 4.20. The molecule has 20 heavy (non-hydrogen) atoms. The van der Waals surface area contributed by atoms with E-state index in [1.807, 2.05) is 6.07 Å². The van der Waals surface area contributed by atoms with Crippen LogP contribution >= 0.6 is 0 Å². The minimum absolute atomic E-state index is 0.0864. The van der Waals surface area contributed by atoms with Crippen LogP contribution in [0.25, 0.3) is 0 Å². The van der Waals surface area contributed by atoms with E-state index < -0.39 is 0 Å². The predicted octanol–water partition coefficient (Wildman–Crippen LogP) is 2.54. The topological polar surface area (TPSA) is 53.1 Å². The Morgan fingerprint density at radius 3 is 2.30 bits per heavy atom. The van der Waals surface area contributed by atoms with E-state index in [0.29, 0.717) is 5.92 Å². The van der Waals surface area contributed by atoms with Crippen molar-refractivity contribution in [2.24, 2.45) is 0 Å². The van der Waals surface area contributed by atoms with Crippen LogP contribution in [0, 0.1) is 0 Å². The molecule has 1 heterocycles. The highest BCUT2D eigenvalue weighted by molar-refractivity contribution is 5.48.